The lowest BCUT2D eigenvalue weighted by Gasteiger charge is -2.36. The van der Waals surface area contributed by atoms with Crippen LogP contribution in [-0.4, -0.2) is 47.0 Å². The van der Waals surface area contributed by atoms with Crippen LogP contribution in [0.25, 0.3) is 0 Å². The van der Waals surface area contributed by atoms with Gasteiger partial charge in [0.2, 0.25) is 11.8 Å². The van der Waals surface area contributed by atoms with E-state index in [0.29, 0.717) is 36.2 Å². The van der Waals surface area contributed by atoms with Crippen molar-refractivity contribution in [3.63, 3.8) is 0 Å². The number of nitrogens with zero attached hydrogens (tertiary/aromatic N) is 3. The van der Waals surface area contributed by atoms with Crippen molar-refractivity contribution < 1.29 is 24.0 Å². The van der Waals surface area contributed by atoms with Crippen LogP contribution in [0.15, 0.2) is 36.4 Å². The van der Waals surface area contributed by atoms with E-state index >= 15 is 0 Å². The predicted octanol–water partition coefficient (Wildman–Crippen LogP) is 9.39. The molecule has 0 N–H and O–H groups in total. The normalized spacial score (nSPS) is 27.1. The van der Waals surface area contributed by atoms with Crippen LogP contribution in [-0.2, 0) is 30.4 Å². The Morgan fingerprint density at radius 1 is 0.679 bits per heavy atom. The summed E-state index contributed by atoms with van der Waals surface area (Å²) in [5, 5.41) is 0. The highest BCUT2D eigenvalue weighted by atomic mass is 16.2. The standard InChI is InChI=1S/C48H63N3O5/c1-11-30-15-39-33-21-34(40(22-33)41(39)16-30)24-49(29(10)52)42-23-45(55)51(48(42)56)47-37(27(6)7)19-32(20-38(47)28(8)9)14-31-17-35(25(2)3)46(36(18-31)26(4)5)50-43(53)12-13-44(50)54/h12-13,17-20,25-28,30,33-34,39-42H,11,14-16,21-24H2,1-10H3. The maximum absolute atomic E-state index is 14.6. The molecule has 56 heavy (non-hydrogen) atoms. The third kappa shape index (κ3) is 6.97. The predicted molar refractivity (Wildman–Crippen MR) is 222 cm³/mol. The number of hydrogen-bond acceptors (Lipinski definition) is 5. The quantitative estimate of drug-likeness (QED) is 0.201. The van der Waals surface area contributed by atoms with Gasteiger partial charge >= 0.3 is 0 Å². The fraction of sp³-hybridized carbons (Fsp3) is 0.604. The first-order valence-corrected chi connectivity index (χ1v) is 21.5. The molecule has 4 fully saturated rings. The Morgan fingerprint density at radius 2 is 1.16 bits per heavy atom. The molecular weight excluding hydrogens is 699 g/mol. The molecule has 2 heterocycles. The molecule has 0 aromatic heterocycles. The number of rotatable bonds is 12. The van der Waals surface area contributed by atoms with E-state index in [1.165, 1.54) is 47.6 Å². The summed E-state index contributed by atoms with van der Waals surface area (Å²) < 4.78 is 0. The number of fused-ring (bicyclic) bond motifs is 5. The van der Waals surface area contributed by atoms with Crippen LogP contribution in [0.1, 0.15) is 165 Å². The first-order valence-electron chi connectivity index (χ1n) is 21.5. The maximum Gasteiger partial charge on any atom is 0.258 e. The summed E-state index contributed by atoms with van der Waals surface area (Å²) >= 11 is 0. The summed E-state index contributed by atoms with van der Waals surface area (Å²) in [5.41, 5.74) is 7.30. The minimum Gasteiger partial charge on any atom is -0.330 e. The molecule has 3 saturated carbocycles. The van der Waals surface area contributed by atoms with Gasteiger partial charge < -0.3 is 4.90 Å². The summed E-state index contributed by atoms with van der Waals surface area (Å²) in [6.07, 6.45) is 9.60. The van der Waals surface area contributed by atoms with E-state index in [2.05, 4.69) is 86.6 Å². The highest BCUT2D eigenvalue weighted by Gasteiger charge is 2.56. The summed E-state index contributed by atoms with van der Waals surface area (Å²) in [5.74, 6) is 3.04. The molecule has 300 valence electrons. The zero-order valence-corrected chi connectivity index (χ0v) is 35.4. The molecule has 8 heteroatoms. The van der Waals surface area contributed by atoms with Gasteiger partial charge in [-0.05, 0) is 125 Å². The van der Waals surface area contributed by atoms with Gasteiger partial charge in [-0.2, -0.15) is 0 Å². The van der Waals surface area contributed by atoms with Crippen molar-refractivity contribution in [1.82, 2.24) is 4.90 Å². The van der Waals surface area contributed by atoms with Crippen molar-refractivity contribution in [3.8, 4) is 0 Å². The molecule has 2 aliphatic heterocycles. The van der Waals surface area contributed by atoms with Crippen molar-refractivity contribution in [2.75, 3.05) is 16.3 Å². The number of carbonyl (C=O) groups is 5. The molecule has 5 aliphatic rings. The Labute approximate surface area is 334 Å². The van der Waals surface area contributed by atoms with Gasteiger partial charge in [-0.3, -0.25) is 24.0 Å². The monoisotopic (exact) mass is 761 g/mol. The second kappa shape index (κ2) is 15.4. The van der Waals surface area contributed by atoms with E-state index in [9.17, 15) is 24.0 Å². The van der Waals surface area contributed by atoms with Crippen molar-refractivity contribution in [1.29, 1.82) is 0 Å². The van der Waals surface area contributed by atoms with E-state index < -0.39 is 6.04 Å². The molecule has 3 aliphatic carbocycles. The molecule has 2 aromatic carbocycles. The molecule has 2 bridgehead atoms. The Hall–Kier alpha value is -4.07. The Morgan fingerprint density at radius 3 is 1.62 bits per heavy atom. The average Bonchev–Trinajstić information content (AvgIpc) is 3.95. The van der Waals surface area contributed by atoms with Crippen molar-refractivity contribution in [3.05, 3.63) is 69.8 Å². The molecule has 7 rings (SSSR count). The number of anilines is 2. The molecule has 0 spiro atoms. The third-order valence-corrected chi connectivity index (χ3v) is 14.2. The van der Waals surface area contributed by atoms with Gasteiger partial charge in [0.05, 0.1) is 17.8 Å². The van der Waals surface area contributed by atoms with Crippen LogP contribution in [0.4, 0.5) is 11.4 Å². The van der Waals surface area contributed by atoms with E-state index in [1.807, 2.05) is 0 Å². The van der Waals surface area contributed by atoms with Gasteiger partial charge in [0.25, 0.3) is 17.7 Å². The number of benzene rings is 2. The minimum absolute atomic E-state index is 0.0138. The van der Waals surface area contributed by atoms with Crippen molar-refractivity contribution in [2.24, 2.45) is 35.5 Å². The van der Waals surface area contributed by atoms with E-state index in [0.717, 1.165) is 63.5 Å². The summed E-state index contributed by atoms with van der Waals surface area (Å²) in [7, 11) is 0. The topological polar surface area (TPSA) is 95.1 Å². The first-order chi connectivity index (χ1) is 26.5. The van der Waals surface area contributed by atoms with E-state index in [-0.39, 0.29) is 59.6 Å². The second-order valence-electron chi connectivity index (χ2n) is 19.1. The van der Waals surface area contributed by atoms with Gasteiger partial charge in [-0.15, -0.1) is 0 Å². The second-order valence-corrected chi connectivity index (χ2v) is 19.1. The Balaban J connectivity index is 1.20. The van der Waals surface area contributed by atoms with Crippen molar-refractivity contribution >= 4 is 40.9 Å². The number of imide groups is 2. The van der Waals surface area contributed by atoms with Gasteiger partial charge in [-0.1, -0.05) is 93.0 Å². The zero-order valence-electron chi connectivity index (χ0n) is 35.4. The molecule has 1 saturated heterocycles. The zero-order chi connectivity index (χ0) is 40.5. The third-order valence-electron chi connectivity index (χ3n) is 14.2. The fourth-order valence-corrected chi connectivity index (χ4v) is 11.5. The number of hydrogen-bond donors (Lipinski definition) is 0. The highest BCUT2D eigenvalue weighted by molar-refractivity contribution is 6.28. The van der Waals surface area contributed by atoms with Crippen LogP contribution >= 0.6 is 0 Å². The van der Waals surface area contributed by atoms with Crippen LogP contribution in [0.5, 0.6) is 0 Å². The molecule has 8 nitrogen and oxygen atoms in total. The fourth-order valence-electron chi connectivity index (χ4n) is 11.5. The average molecular weight is 762 g/mol. The lowest BCUT2D eigenvalue weighted by Crippen LogP contribution is -2.48. The lowest BCUT2D eigenvalue weighted by atomic mass is 9.75. The molecule has 7 unspecified atom stereocenters. The molecule has 5 amide bonds. The SMILES string of the molecule is CCC1CC2C3CC(CN(C(C)=O)C4CC(=O)N(c5c(C(C)C)cc(Cc6cc(C(C)C)c(N7C(=O)C=CC7=O)c(C(C)C)c6)cc5C(C)C)C4=O)C(C3)C2C1. The molecule has 0 radical (unpaired) electrons. The van der Waals surface area contributed by atoms with Crippen LogP contribution in [0.3, 0.4) is 0 Å². The largest absolute Gasteiger partial charge is 0.330 e. The minimum atomic E-state index is -0.784. The summed E-state index contributed by atoms with van der Waals surface area (Å²) in [6, 6.07) is 7.77. The highest BCUT2D eigenvalue weighted by Crippen LogP contribution is 2.62. The van der Waals surface area contributed by atoms with Gasteiger partial charge in [0.15, 0.2) is 0 Å². The molecule has 2 aromatic rings. The number of amides is 5. The smallest absolute Gasteiger partial charge is 0.258 e. The molecular formula is C48H63N3O5. The number of carbonyl (C=O) groups excluding carboxylic acids is 5. The lowest BCUT2D eigenvalue weighted by molar-refractivity contribution is -0.137. The summed E-state index contributed by atoms with van der Waals surface area (Å²) in [4.78, 5) is 72.4. The van der Waals surface area contributed by atoms with Gasteiger partial charge in [-0.25, -0.2) is 9.80 Å². The van der Waals surface area contributed by atoms with Gasteiger partial charge in [0, 0.05) is 25.6 Å². The van der Waals surface area contributed by atoms with E-state index in [4.69, 9.17) is 0 Å². The first kappa shape index (κ1) is 40.1. The summed E-state index contributed by atoms with van der Waals surface area (Å²) in [6.45, 7) is 21.2. The maximum atomic E-state index is 14.6. The van der Waals surface area contributed by atoms with Crippen LogP contribution < -0.4 is 9.80 Å². The van der Waals surface area contributed by atoms with Crippen molar-refractivity contribution in [2.45, 2.75) is 144 Å². The van der Waals surface area contributed by atoms with E-state index in [1.54, 1.807) is 11.8 Å². The molecule has 7 atom stereocenters. The van der Waals surface area contributed by atoms with Crippen LogP contribution in [0.2, 0.25) is 0 Å². The Bertz CT molecular complexity index is 1900. The van der Waals surface area contributed by atoms with Crippen LogP contribution in [0, 0.1) is 35.5 Å². The van der Waals surface area contributed by atoms with Gasteiger partial charge in [0.1, 0.15) is 6.04 Å². The Kier molecular flexibility index (Phi) is 11.0.